The molecule has 0 spiro atoms. The molecule has 0 aliphatic heterocycles. The van der Waals surface area contributed by atoms with E-state index in [9.17, 15) is 0 Å². The summed E-state index contributed by atoms with van der Waals surface area (Å²) in [5.41, 5.74) is 1.27. The first-order valence-electron chi connectivity index (χ1n) is 7.08. The summed E-state index contributed by atoms with van der Waals surface area (Å²) in [6, 6.07) is 9.08. The summed E-state index contributed by atoms with van der Waals surface area (Å²) in [6.45, 7) is 9.06. The van der Waals surface area contributed by atoms with E-state index in [1.807, 2.05) is 12.1 Å². The molecule has 0 heterocycles. The molecule has 18 heavy (non-hydrogen) atoms. The molecule has 0 aromatic heterocycles. The Bertz CT molecular complexity index is 351. The lowest BCUT2D eigenvalue weighted by Crippen LogP contribution is -2.32. The molecule has 0 radical (unpaired) electrons. The lowest BCUT2D eigenvalue weighted by atomic mass is 9.96. The highest BCUT2D eigenvalue weighted by Gasteiger charge is 2.14. The Morgan fingerprint density at radius 3 is 2.44 bits per heavy atom. The van der Waals surface area contributed by atoms with Gasteiger partial charge in [-0.25, -0.2) is 0 Å². The van der Waals surface area contributed by atoms with Gasteiger partial charge in [-0.15, -0.1) is 0 Å². The average Bonchev–Trinajstić information content (AvgIpc) is 2.37. The van der Waals surface area contributed by atoms with Crippen LogP contribution in [-0.4, -0.2) is 6.04 Å². The zero-order valence-corrected chi connectivity index (χ0v) is 12.8. The van der Waals surface area contributed by atoms with E-state index >= 15 is 0 Å². The predicted molar refractivity (Wildman–Crippen MR) is 81.2 cm³/mol. The Hall–Kier alpha value is -0.530. The van der Waals surface area contributed by atoms with Crippen LogP contribution in [0.1, 0.15) is 58.6 Å². The predicted octanol–water partition coefficient (Wildman–Crippen LogP) is 5.21. The van der Waals surface area contributed by atoms with Gasteiger partial charge in [-0.1, -0.05) is 50.9 Å². The first-order valence-corrected chi connectivity index (χ1v) is 7.46. The fourth-order valence-corrected chi connectivity index (χ4v) is 2.43. The van der Waals surface area contributed by atoms with E-state index in [4.69, 9.17) is 11.6 Å². The van der Waals surface area contributed by atoms with Crippen molar-refractivity contribution in [2.45, 2.75) is 59.0 Å². The van der Waals surface area contributed by atoms with Crippen LogP contribution in [0, 0.1) is 5.92 Å². The second kappa shape index (κ2) is 7.81. The number of hydrogen-bond acceptors (Lipinski definition) is 1. The summed E-state index contributed by atoms with van der Waals surface area (Å²) in [6.07, 6.45) is 3.68. The Kier molecular flexibility index (Phi) is 6.73. The maximum Gasteiger partial charge on any atom is 0.0409 e. The molecule has 0 fully saturated rings. The number of nitrogens with one attached hydrogen (secondary N) is 1. The van der Waals surface area contributed by atoms with Gasteiger partial charge in [0.2, 0.25) is 0 Å². The van der Waals surface area contributed by atoms with E-state index in [0.717, 1.165) is 10.9 Å². The Balaban J connectivity index is 2.59. The van der Waals surface area contributed by atoms with Gasteiger partial charge in [-0.05, 0) is 43.4 Å². The van der Waals surface area contributed by atoms with Gasteiger partial charge in [0, 0.05) is 17.1 Å². The molecular weight excluding hydrogens is 242 g/mol. The SMILES string of the molecule is CCC(C)CC(CC)N[C@@H](C)c1cccc(Cl)c1. The van der Waals surface area contributed by atoms with Gasteiger partial charge in [0.1, 0.15) is 0 Å². The van der Waals surface area contributed by atoms with Crippen molar-refractivity contribution in [3.05, 3.63) is 34.9 Å². The molecule has 0 saturated carbocycles. The Morgan fingerprint density at radius 1 is 1.17 bits per heavy atom. The van der Waals surface area contributed by atoms with Crippen LogP contribution in [0.3, 0.4) is 0 Å². The first kappa shape index (κ1) is 15.5. The van der Waals surface area contributed by atoms with E-state index in [1.165, 1.54) is 24.8 Å². The normalized spacial score (nSPS) is 16.3. The van der Waals surface area contributed by atoms with Gasteiger partial charge in [0.15, 0.2) is 0 Å². The molecule has 0 aliphatic carbocycles. The lowest BCUT2D eigenvalue weighted by Gasteiger charge is -2.25. The monoisotopic (exact) mass is 267 g/mol. The van der Waals surface area contributed by atoms with Crippen molar-refractivity contribution in [2.75, 3.05) is 0 Å². The summed E-state index contributed by atoms with van der Waals surface area (Å²) in [5, 5.41) is 4.53. The van der Waals surface area contributed by atoms with Crippen molar-refractivity contribution in [2.24, 2.45) is 5.92 Å². The molecule has 1 N–H and O–H groups in total. The molecule has 1 aromatic carbocycles. The van der Waals surface area contributed by atoms with Crippen molar-refractivity contribution in [3.63, 3.8) is 0 Å². The van der Waals surface area contributed by atoms with Crippen molar-refractivity contribution in [3.8, 4) is 0 Å². The molecule has 1 rings (SSSR count). The van der Waals surface area contributed by atoms with Crippen LogP contribution < -0.4 is 5.32 Å². The highest BCUT2D eigenvalue weighted by molar-refractivity contribution is 6.30. The van der Waals surface area contributed by atoms with E-state index < -0.39 is 0 Å². The molecule has 3 atom stereocenters. The molecule has 0 saturated heterocycles. The summed E-state index contributed by atoms with van der Waals surface area (Å²) in [5.74, 6) is 0.786. The number of hydrogen-bond donors (Lipinski definition) is 1. The maximum atomic E-state index is 6.04. The topological polar surface area (TPSA) is 12.0 Å². The van der Waals surface area contributed by atoms with Gasteiger partial charge in [0.05, 0.1) is 0 Å². The van der Waals surface area contributed by atoms with Crippen LogP contribution in [0.15, 0.2) is 24.3 Å². The number of benzene rings is 1. The second-order valence-electron chi connectivity index (χ2n) is 5.30. The zero-order valence-electron chi connectivity index (χ0n) is 12.0. The summed E-state index contributed by atoms with van der Waals surface area (Å²) in [4.78, 5) is 0. The number of halogens is 1. The maximum absolute atomic E-state index is 6.04. The molecule has 0 amide bonds. The Morgan fingerprint density at radius 2 is 1.89 bits per heavy atom. The summed E-state index contributed by atoms with van der Waals surface area (Å²) in [7, 11) is 0. The quantitative estimate of drug-likeness (QED) is 0.715. The molecule has 2 heteroatoms. The third-order valence-electron chi connectivity index (χ3n) is 3.71. The highest BCUT2D eigenvalue weighted by Crippen LogP contribution is 2.20. The van der Waals surface area contributed by atoms with E-state index in [1.54, 1.807) is 0 Å². The van der Waals surface area contributed by atoms with Gasteiger partial charge in [-0.2, -0.15) is 0 Å². The highest BCUT2D eigenvalue weighted by atomic mass is 35.5. The first-order chi connectivity index (χ1) is 8.56. The standard InChI is InChI=1S/C16H26ClN/c1-5-12(3)10-16(6-2)18-13(4)14-8-7-9-15(17)11-14/h7-9,11-13,16,18H,5-6,10H2,1-4H3/t12?,13-,16?/m0/s1. The van der Waals surface area contributed by atoms with Crippen LogP contribution in [0.2, 0.25) is 5.02 Å². The minimum absolute atomic E-state index is 0.359. The van der Waals surface area contributed by atoms with Crippen molar-refractivity contribution >= 4 is 11.6 Å². The van der Waals surface area contributed by atoms with Crippen molar-refractivity contribution in [1.82, 2.24) is 5.32 Å². The molecule has 1 aromatic rings. The molecule has 102 valence electrons. The minimum atomic E-state index is 0.359. The van der Waals surface area contributed by atoms with Gasteiger partial charge in [-0.3, -0.25) is 0 Å². The van der Waals surface area contributed by atoms with Crippen molar-refractivity contribution < 1.29 is 0 Å². The fraction of sp³-hybridized carbons (Fsp3) is 0.625. The minimum Gasteiger partial charge on any atom is -0.307 e. The molecule has 0 bridgehead atoms. The third kappa shape index (κ3) is 4.99. The van der Waals surface area contributed by atoms with E-state index in [0.29, 0.717) is 12.1 Å². The molecular formula is C16H26ClN. The van der Waals surface area contributed by atoms with Crippen LogP contribution in [0.4, 0.5) is 0 Å². The third-order valence-corrected chi connectivity index (χ3v) is 3.95. The van der Waals surface area contributed by atoms with Gasteiger partial charge >= 0.3 is 0 Å². The van der Waals surface area contributed by atoms with Crippen LogP contribution in [0.5, 0.6) is 0 Å². The summed E-state index contributed by atoms with van der Waals surface area (Å²) < 4.78 is 0. The smallest absolute Gasteiger partial charge is 0.0409 e. The Labute approximate surface area is 117 Å². The van der Waals surface area contributed by atoms with E-state index in [-0.39, 0.29) is 0 Å². The van der Waals surface area contributed by atoms with Crippen molar-refractivity contribution in [1.29, 1.82) is 0 Å². The van der Waals surface area contributed by atoms with Crippen LogP contribution in [-0.2, 0) is 0 Å². The molecule has 2 unspecified atom stereocenters. The zero-order chi connectivity index (χ0) is 13.5. The summed E-state index contributed by atoms with van der Waals surface area (Å²) >= 11 is 6.04. The average molecular weight is 268 g/mol. The van der Waals surface area contributed by atoms with Crippen LogP contribution in [0.25, 0.3) is 0 Å². The fourth-order valence-electron chi connectivity index (χ4n) is 2.23. The van der Waals surface area contributed by atoms with E-state index in [2.05, 4.69) is 45.1 Å². The molecule has 1 nitrogen and oxygen atoms in total. The van der Waals surface area contributed by atoms with Crippen LogP contribution >= 0.6 is 11.6 Å². The second-order valence-corrected chi connectivity index (χ2v) is 5.73. The largest absolute Gasteiger partial charge is 0.307 e. The molecule has 0 aliphatic rings. The lowest BCUT2D eigenvalue weighted by molar-refractivity contribution is 0.359. The van der Waals surface area contributed by atoms with Gasteiger partial charge < -0.3 is 5.32 Å². The van der Waals surface area contributed by atoms with Gasteiger partial charge in [0.25, 0.3) is 0 Å². The number of rotatable bonds is 7.